The molecule has 2 heterocycles. The number of hydrogen-bond donors (Lipinski definition) is 1. The Bertz CT molecular complexity index is 622. The van der Waals surface area contributed by atoms with Crippen LogP contribution in [0.3, 0.4) is 0 Å². The van der Waals surface area contributed by atoms with Crippen molar-refractivity contribution >= 4 is 10.9 Å². The van der Waals surface area contributed by atoms with Gasteiger partial charge in [-0.1, -0.05) is 25.1 Å². The van der Waals surface area contributed by atoms with Crippen LogP contribution in [-0.2, 0) is 12.0 Å². The highest BCUT2D eigenvalue weighted by Gasteiger charge is 2.42. The van der Waals surface area contributed by atoms with Gasteiger partial charge in [0.15, 0.2) is 0 Å². The molecule has 0 aliphatic carbocycles. The minimum Gasteiger partial charge on any atom is -0.357 e. The zero-order valence-electron chi connectivity index (χ0n) is 11.9. The lowest BCUT2D eigenvalue weighted by Crippen LogP contribution is -2.45. The number of aromatic nitrogens is 1. The molecule has 1 N–H and O–H groups in total. The Balaban J connectivity index is 2.13. The maximum Gasteiger partial charge on any atom is 0.0920 e. The molecule has 2 aromatic rings. The van der Waals surface area contributed by atoms with E-state index in [4.69, 9.17) is 0 Å². The molecule has 2 nitrogen and oxygen atoms in total. The van der Waals surface area contributed by atoms with Gasteiger partial charge in [0.05, 0.1) is 12.2 Å². The zero-order valence-corrected chi connectivity index (χ0v) is 11.9. The summed E-state index contributed by atoms with van der Waals surface area (Å²) in [6.07, 6.45) is 1.16. The summed E-state index contributed by atoms with van der Waals surface area (Å²) in [5.41, 5.74) is 2.36. The van der Waals surface area contributed by atoms with E-state index in [-0.39, 0.29) is 5.92 Å². The fraction of sp³-hybridized carbons (Fsp3) is 0.500. The van der Waals surface area contributed by atoms with Crippen molar-refractivity contribution in [2.45, 2.75) is 32.2 Å². The fourth-order valence-electron chi connectivity index (χ4n) is 3.43. The lowest BCUT2D eigenvalue weighted by Gasteiger charge is -2.40. The van der Waals surface area contributed by atoms with E-state index in [1.54, 1.807) is 0 Å². The second-order valence-electron chi connectivity index (χ2n) is 6.10. The highest BCUT2D eigenvalue weighted by atomic mass is 19.2. The minimum atomic E-state index is -0.766. The molecular weight excluding hydrogens is 258 g/mol. The van der Waals surface area contributed by atoms with Crippen LogP contribution < -0.4 is 0 Å². The molecule has 4 heteroatoms. The number of alkyl halides is 1. The van der Waals surface area contributed by atoms with Crippen LogP contribution >= 0.6 is 0 Å². The summed E-state index contributed by atoms with van der Waals surface area (Å²) < 4.78 is 27.3. The van der Waals surface area contributed by atoms with Crippen molar-refractivity contribution in [3.8, 4) is 0 Å². The largest absolute Gasteiger partial charge is 0.357 e. The first-order valence-electron chi connectivity index (χ1n) is 7.15. The Kier molecular flexibility index (Phi) is 3.28. The predicted molar refractivity (Wildman–Crippen MR) is 76.9 cm³/mol. The summed E-state index contributed by atoms with van der Waals surface area (Å²) in [6.45, 7) is 3.64. The number of fused-ring (bicyclic) bond motifs is 3. The molecule has 3 rings (SSSR count). The third kappa shape index (κ3) is 1.94. The van der Waals surface area contributed by atoms with Crippen LogP contribution in [0.2, 0.25) is 0 Å². The normalized spacial score (nSPS) is 24.8. The molecule has 1 aromatic carbocycles. The third-order valence-corrected chi connectivity index (χ3v) is 4.46. The van der Waals surface area contributed by atoms with E-state index < -0.39 is 12.2 Å². The molecule has 0 saturated carbocycles. The zero-order chi connectivity index (χ0) is 14.3. The summed E-state index contributed by atoms with van der Waals surface area (Å²) in [5, 5.41) is 2.03. The summed E-state index contributed by atoms with van der Waals surface area (Å²) in [7, 11) is 0. The Morgan fingerprint density at radius 1 is 1.40 bits per heavy atom. The van der Waals surface area contributed by atoms with Gasteiger partial charge < -0.3 is 4.98 Å². The van der Waals surface area contributed by atoms with Crippen molar-refractivity contribution in [2.24, 2.45) is 5.92 Å². The number of aromatic amines is 1. The minimum absolute atomic E-state index is 0.157. The molecule has 1 aromatic heterocycles. The van der Waals surface area contributed by atoms with Crippen LogP contribution in [0.25, 0.3) is 10.9 Å². The Morgan fingerprint density at radius 3 is 2.90 bits per heavy atom. The van der Waals surface area contributed by atoms with Crippen molar-refractivity contribution in [3.05, 3.63) is 35.5 Å². The first-order chi connectivity index (χ1) is 9.56. The third-order valence-electron chi connectivity index (χ3n) is 4.46. The van der Waals surface area contributed by atoms with E-state index in [2.05, 4.69) is 11.1 Å². The highest BCUT2D eigenvalue weighted by molar-refractivity contribution is 5.85. The summed E-state index contributed by atoms with van der Waals surface area (Å²) in [4.78, 5) is 3.36. The van der Waals surface area contributed by atoms with Gasteiger partial charge in [0.2, 0.25) is 0 Å². The van der Waals surface area contributed by atoms with Crippen molar-refractivity contribution in [1.29, 1.82) is 0 Å². The van der Waals surface area contributed by atoms with Crippen molar-refractivity contribution < 1.29 is 8.87 Å². The molecule has 0 spiro atoms. The molecule has 2 unspecified atom stereocenters. The quantitative estimate of drug-likeness (QED) is 0.837. The van der Waals surface area contributed by atoms with Gasteiger partial charge in [-0.25, -0.2) is 0 Å². The van der Waals surface area contributed by atoms with Crippen LogP contribution in [0.15, 0.2) is 24.3 Å². The molecule has 2 atom stereocenters. The van der Waals surface area contributed by atoms with Crippen LogP contribution in [0.5, 0.6) is 0 Å². The van der Waals surface area contributed by atoms with Gasteiger partial charge >= 0.3 is 0 Å². The topological polar surface area (TPSA) is 19.0 Å². The fourth-order valence-corrected chi connectivity index (χ4v) is 3.43. The van der Waals surface area contributed by atoms with Gasteiger partial charge in [0.25, 0.3) is 0 Å². The molecule has 108 valence electrons. The lowest BCUT2D eigenvalue weighted by atomic mass is 9.82. The number of para-hydroxylation sites is 1. The second kappa shape index (κ2) is 4.85. The average molecular weight is 278 g/mol. The number of H-pyrrole nitrogens is 1. The Hall–Kier alpha value is -1.42. The van der Waals surface area contributed by atoms with E-state index in [0.717, 1.165) is 21.7 Å². The molecule has 0 saturated heterocycles. The Labute approximate surface area is 117 Å². The second-order valence-corrected chi connectivity index (χ2v) is 6.10. The molecule has 0 fully saturated rings. The number of rotatable bonds is 3. The van der Waals surface area contributed by atoms with Crippen LogP contribution in [0, 0.1) is 5.92 Å². The van der Waals surface area contributed by atoms with Gasteiger partial charge in [0.1, 0.15) is 0 Å². The Morgan fingerprint density at radius 2 is 2.15 bits per heavy atom. The predicted octanol–water partition coefficient (Wildman–Crippen LogP) is 4.12. The van der Waals surface area contributed by atoms with Crippen molar-refractivity contribution in [1.82, 2.24) is 10.1 Å². The van der Waals surface area contributed by atoms with Crippen LogP contribution in [0.1, 0.15) is 31.5 Å². The molecule has 1 aliphatic heterocycles. The van der Waals surface area contributed by atoms with Gasteiger partial charge in [-0.05, 0) is 37.3 Å². The van der Waals surface area contributed by atoms with E-state index in [9.17, 15) is 8.87 Å². The SMILES string of the molecule is CC(CF)CC1(C)c2[nH]c3ccccc3c2CCN1F. The summed E-state index contributed by atoms with van der Waals surface area (Å²) in [5.74, 6) is -0.157. The molecule has 0 radical (unpaired) electrons. The first kappa shape index (κ1) is 13.6. The summed E-state index contributed by atoms with van der Waals surface area (Å²) >= 11 is 0. The van der Waals surface area contributed by atoms with E-state index in [1.807, 2.05) is 32.0 Å². The molecular formula is C16H20F2N2. The maximum atomic E-state index is 14.4. The average Bonchev–Trinajstić information content (AvgIpc) is 2.83. The lowest BCUT2D eigenvalue weighted by molar-refractivity contribution is -0.100. The number of halogens is 2. The number of hydrogen-bond acceptors (Lipinski definition) is 1. The summed E-state index contributed by atoms with van der Waals surface area (Å²) in [6, 6.07) is 8.05. The van der Waals surface area contributed by atoms with Gasteiger partial charge in [-0.15, -0.1) is 9.60 Å². The number of nitrogens with one attached hydrogen (secondary N) is 1. The monoisotopic (exact) mass is 278 g/mol. The van der Waals surface area contributed by atoms with E-state index in [1.165, 1.54) is 5.56 Å². The van der Waals surface area contributed by atoms with Gasteiger partial charge in [0, 0.05) is 23.1 Å². The van der Waals surface area contributed by atoms with Gasteiger partial charge in [-0.2, -0.15) is 0 Å². The first-order valence-corrected chi connectivity index (χ1v) is 7.15. The molecule has 1 aliphatic rings. The smallest absolute Gasteiger partial charge is 0.0920 e. The number of nitrogens with zero attached hydrogens (tertiary/aromatic N) is 1. The van der Waals surface area contributed by atoms with E-state index >= 15 is 0 Å². The molecule has 0 amide bonds. The van der Waals surface area contributed by atoms with Gasteiger partial charge in [-0.3, -0.25) is 4.39 Å². The number of benzene rings is 1. The van der Waals surface area contributed by atoms with Crippen molar-refractivity contribution in [3.63, 3.8) is 0 Å². The van der Waals surface area contributed by atoms with Crippen LogP contribution in [-0.4, -0.2) is 23.3 Å². The van der Waals surface area contributed by atoms with Crippen LogP contribution in [0.4, 0.5) is 8.87 Å². The highest BCUT2D eigenvalue weighted by Crippen LogP contribution is 2.42. The molecule has 0 bridgehead atoms. The molecule has 20 heavy (non-hydrogen) atoms. The van der Waals surface area contributed by atoms with E-state index in [0.29, 0.717) is 19.4 Å². The van der Waals surface area contributed by atoms with Crippen molar-refractivity contribution in [2.75, 3.05) is 13.2 Å². The standard InChI is InChI=1S/C16H20F2N2/c1-11(10-17)9-16(2)15-13(7-8-20(16)18)12-5-3-4-6-14(12)19-15/h3-6,11,19H,7-10H2,1-2H3. The maximum absolute atomic E-state index is 14.4.